The van der Waals surface area contributed by atoms with Crippen molar-refractivity contribution < 1.29 is 4.79 Å². The van der Waals surface area contributed by atoms with Crippen LogP contribution in [0.4, 0.5) is 0 Å². The van der Waals surface area contributed by atoms with Crippen LogP contribution in [-0.2, 0) is 4.79 Å². The van der Waals surface area contributed by atoms with Crippen LogP contribution in [0.3, 0.4) is 0 Å². The maximum absolute atomic E-state index is 11.0. The minimum Gasteiger partial charge on any atom is -0.368 e. The molecule has 88 valence electrons. The summed E-state index contributed by atoms with van der Waals surface area (Å²) in [5.41, 5.74) is 5.27. The second-order valence-corrected chi connectivity index (χ2v) is 5.09. The third-order valence-electron chi connectivity index (χ3n) is 3.57. The third-order valence-corrected chi connectivity index (χ3v) is 3.57. The van der Waals surface area contributed by atoms with Gasteiger partial charge in [0.05, 0.1) is 6.04 Å². The van der Waals surface area contributed by atoms with Crippen molar-refractivity contribution in [3.63, 3.8) is 0 Å². The molecule has 3 unspecified atom stereocenters. The van der Waals surface area contributed by atoms with Crippen LogP contribution in [-0.4, -0.2) is 18.0 Å². The summed E-state index contributed by atoms with van der Waals surface area (Å²) in [4.78, 5) is 11.0. The van der Waals surface area contributed by atoms with E-state index in [0.29, 0.717) is 17.9 Å². The number of primary amides is 1. The number of amides is 1. The summed E-state index contributed by atoms with van der Waals surface area (Å²) in [6.07, 6.45) is 5.06. The molecule has 0 aromatic heterocycles. The maximum atomic E-state index is 11.0. The highest BCUT2D eigenvalue weighted by molar-refractivity contribution is 5.79. The molecule has 0 aromatic rings. The van der Waals surface area contributed by atoms with Gasteiger partial charge in [0.1, 0.15) is 0 Å². The normalized spacial score (nSPS) is 29.1. The van der Waals surface area contributed by atoms with Gasteiger partial charge in [-0.05, 0) is 31.6 Å². The van der Waals surface area contributed by atoms with Gasteiger partial charge in [0.15, 0.2) is 0 Å². The monoisotopic (exact) mass is 212 g/mol. The Labute approximate surface area is 92.8 Å². The molecular formula is C12H24N2O. The van der Waals surface area contributed by atoms with Gasteiger partial charge in [-0.15, -0.1) is 0 Å². The van der Waals surface area contributed by atoms with Gasteiger partial charge >= 0.3 is 0 Å². The minimum atomic E-state index is -0.247. The van der Waals surface area contributed by atoms with Crippen LogP contribution in [0.2, 0.25) is 0 Å². The first-order valence-corrected chi connectivity index (χ1v) is 6.07. The zero-order valence-electron chi connectivity index (χ0n) is 10.1. The molecule has 1 rings (SSSR count). The van der Waals surface area contributed by atoms with E-state index in [2.05, 4.69) is 19.2 Å². The molecule has 3 N–H and O–H groups in total. The van der Waals surface area contributed by atoms with Gasteiger partial charge in [-0.1, -0.05) is 26.7 Å². The van der Waals surface area contributed by atoms with E-state index in [9.17, 15) is 4.79 Å². The van der Waals surface area contributed by atoms with E-state index in [-0.39, 0.29) is 11.9 Å². The summed E-state index contributed by atoms with van der Waals surface area (Å²) < 4.78 is 0. The largest absolute Gasteiger partial charge is 0.368 e. The highest BCUT2D eigenvalue weighted by Gasteiger charge is 2.28. The molecule has 3 atom stereocenters. The smallest absolute Gasteiger partial charge is 0.234 e. The summed E-state index contributed by atoms with van der Waals surface area (Å²) in [7, 11) is 0. The van der Waals surface area contributed by atoms with E-state index in [1.807, 2.05) is 6.92 Å². The number of nitrogens with two attached hydrogens (primary N) is 1. The topological polar surface area (TPSA) is 55.1 Å². The van der Waals surface area contributed by atoms with Crippen LogP contribution in [0.1, 0.15) is 46.5 Å². The number of hydrogen-bond acceptors (Lipinski definition) is 2. The van der Waals surface area contributed by atoms with E-state index >= 15 is 0 Å². The second kappa shape index (κ2) is 5.50. The van der Waals surface area contributed by atoms with E-state index in [1.54, 1.807) is 0 Å². The fourth-order valence-corrected chi connectivity index (χ4v) is 2.57. The predicted octanol–water partition coefficient (Wildman–Crippen LogP) is 1.66. The molecule has 0 bridgehead atoms. The number of hydrogen-bond donors (Lipinski definition) is 2. The van der Waals surface area contributed by atoms with Crippen molar-refractivity contribution in [3.05, 3.63) is 0 Å². The fraction of sp³-hybridized carbons (Fsp3) is 0.917. The lowest BCUT2D eigenvalue weighted by molar-refractivity contribution is -0.120. The molecule has 1 saturated carbocycles. The first-order chi connectivity index (χ1) is 7.02. The molecule has 1 fully saturated rings. The zero-order valence-corrected chi connectivity index (χ0v) is 10.1. The molecule has 1 aliphatic carbocycles. The van der Waals surface area contributed by atoms with Crippen molar-refractivity contribution in [2.24, 2.45) is 17.6 Å². The Bertz CT molecular complexity index is 216. The first-order valence-electron chi connectivity index (χ1n) is 6.07. The Morgan fingerprint density at radius 2 is 1.87 bits per heavy atom. The highest BCUT2D eigenvalue weighted by Crippen LogP contribution is 2.30. The summed E-state index contributed by atoms with van der Waals surface area (Å²) in [5, 5.41) is 3.38. The van der Waals surface area contributed by atoms with Gasteiger partial charge in [-0.25, -0.2) is 0 Å². The Balaban J connectivity index is 2.53. The summed E-state index contributed by atoms with van der Waals surface area (Å²) in [5.74, 6) is 1.13. The minimum absolute atomic E-state index is 0.200. The van der Waals surface area contributed by atoms with Crippen LogP contribution in [0, 0.1) is 11.8 Å². The molecule has 3 heteroatoms. The van der Waals surface area contributed by atoms with Gasteiger partial charge in [0, 0.05) is 6.04 Å². The van der Waals surface area contributed by atoms with E-state index in [0.717, 1.165) is 0 Å². The lowest BCUT2D eigenvalue weighted by atomic mass is 9.77. The van der Waals surface area contributed by atoms with Gasteiger partial charge in [-0.3, -0.25) is 4.79 Å². The van der Waals surface area contributed by atoms with Gasteiger partial charge in [-0.2, -0.15) is 0 Å². The maximum Gasteiger partial charge on any atom is 0.234 e. The van der Waals surface area contributed by atoms with Crippen molar-refractivity contribution in [2.45, 2.75) is 58.5 Å². The molecular weight excluding hydrogens is 188 g/mol. The quantitative estimate of drug-likeness (QED) is 0.744. The average molecular weight is 212 g/mol. The van der Waals surface area contributed by atoms with E-state index < -0.39 is 0 Å². The van der Waals surface area contributed by atoms with E-state index in [4.69, 9.17) is 5.73 Å². The van der Waals surface area contributed by atoms with Crippen LogP contribution < -0.4 is 11.1 Å². The van der Waals surface area contributed by atoms with Crippen molar-refractivity contribution >= 4 is 5.91 Å². The van der Waals surface area contributed by atoms with Crippen LogP contribution in [0.25, 0.3) is 0 Å². The predicted molar refractivity (Wildman–Crippen MR) is 62.4 cm³/mol. The van der Waals surface area contributed by atoms with Gasteiger partial charge < -0.3 is 11.1 Å². The Morgan fingerprint density at radius 1 is 1.27 bits per heavy atom. The summed E-state index contributed by atoms with van der Waals surface area (Å²) in [6.45, 7) is 6.38. The molecule has 0 aliphatic heterocycles. The molecule has 1 amide bonds. The second-order valence-electron chi connectivity index (χ2n) is 5.09. The van der Waals surface area contributed by atoms with Gasteiger partial charge in [0.2, 0.25) is 5.91 Å². The molecule has 15 heavy (non-hydrogen) atoms. The number of carbonyl (C=O) groups is 1. The fourth-order valence-electron chi connectivity index (χ4n) is 2.57. The lowest BCUT2D eigenvalue weighted by Gasteiger charge is -2.36. The van der Waals surface area contributed by atoms with Gasteiger partial charge in [0.25, 0.3) is 0 Å². The number of nitrogens with one attached hydrogen (secondary N) is 1. The molecule has 0 aromatic carbocycles. The molecule has 0 heterocycles. The van der Waals surface area contributed by atoms with Crippen molar-refractivity contribution in [3.8, 4) is 0 Å². The standard InChI is InChI=1S/C12H24N2O/c1-8(2)10-6-4-5-7-11(10)14-9(3)12(13)15/h8-11,14H,4-7H2,1-3H3,(H2,13,15). The van der Waals surface area contributed by atoms with Crippen LogP contribution in [0.5, 0.6) is 0 Å². The molecule has 1 aliphatic rings. The van der Waals surface area contributed by atoms with Crippen LogP contribution in [0.15, 0.2) is 0 Å². The van der Waals surface area contributed by atoms with Crippen molar-refractivity contribution in [2.75, 3.05) is 0 Å². The number of carbonyl (C=O) groups excluding carboxylic acids is 1. The lowest BCUT2D eigenvalue weighted by Crippen LogP contribution is -2.49. The summed E-state index contributed by atoms with van der Waals surface area (Å²) in [6, 6.07) is 0.274. The average Bonchev–Trinajstić information content (AvgIpc) is 2.18. The van der Waals surface area contributed by atoms with E-state index in [1.165, 1.54) is 25.7 Å². The number of rotatable bonds is 4. The van der Waals surface area contributed by atoms with Crippen molar-refractivity contribution in [1.82, 2.24) is 5.32 Å². The molecule has 0 radical (unpaired) electrons. The third kappa shape index (κ3) is 3.49. The Kier molecular flexibility index (Phi) is 4.58. The zero-order chi connectivity index (χ0) is 11.4. The van der Waals surface area contributed by atoms with Crippen LogP contribution >= 0.6 is 0 Å². The first kappa shape index (κ1) is 12.5. The Morgan fingerprint density at radius 3 is 2.40 bits per heavy atom. The molecule has 3 nitrogen and oxygen atoms in total. The molecule has 0 spiro atoms. The van der Waals surface area contributed by atoms with Crippen molar-refractivity contribution in [1.29, 1.82) is 0 Å². The Hall–Kier alpha value is -0.570. The SMILES string of the molecule is CC(NC1CCCCC1C(C)C)C(N)=O. The highest BCUT2D eigenvalue weighted by atomic mass is 16.1. The molecule has 0 saturated heterocycles. The summed E-state index contributed by atoms with van der Waals surface area (Å²) >= 11 is 0.